The summed E-state index contributed by atoms with van der Waals surface area (Å²) in [6, 6.07) is 3.71. The van der Waals surface area contributed by atoms with Crippen LogP contribution in [0.25, 0.3) is 10.8 Å². The van der Waals surface area contributed by atoms with Crippen LogP contribution in [0.2, 0.25) is 0 Å². The maximum Gasteiger partial charge on any atom is 0.255 e. The predicted molar refractivity (Wildman–Crippen MR) is 92.9 cm³/mol. The monoisotopic (exact) mass is 363 g/mol. The van der Waals surface area contributed by atoms with E-state index in [4.69, 9.17) is 17.9 Å². The van der Waals surface area contributed by atoms with Crippen molar-refractivity contribution in [3.8, 4) is 11.6 Å². The Morgan fingerprint density at radius 3 is 2.92 bits per heavy atom. The lowest BCUT2D eigenvalue weighted by Gasteiger charge is -2.19. The van der Waals surface area contributed by atoms with Gasteiger partial charge in [0.15, 0.2) is 6.15 Å². The Labute approximate surface area is 152 Å². The lowest BCUT2D eigenvalue weighted by atomic mass is 9.97. The van der Waals surface area contributed by atoms with Crippen molar-refractivity contribution in [1.29, 1.82) is 0 Å². The number of fused-ring (bicyclic) bond motifs is 1. The second-order valence-electron chi connectivity index (χ2n) is 5.78. The zero-order valence-corrected chi connectivity index (χ0v) is 14.3. The smallest absolute Gasteiger partial charge is 0.255 e. The normalized spacial score (nSPS) is 29.0. The molecular formula is C18H20FN3O4. The summed E-state index contributed by atoms with van der Waals surface area (Å²) in [5.41, 5.74) is 5.56. The highest BCUT2D eigenvalue weighted by Crippen LogP contribution is 2.31. The Hall–Kier alpha value is -2.90. The molecular weight excluding hydrogens is 341 g/mol. The molecule has 1 aliphatic heterocycles. The van der Waals surface area contributed by atoms with Crippen LogP contribution < -0.4 is 20.5 Å². The number of hydrogen-bond donors (Lipinski definition) is 2. The highest BCUT2D eigenvalue weighted by Gasteiger charge is 2.41. The average molecular weight is 363 g/mol. The van der Waals surface area contributed by atoms with Gasteiger partial charge in [-0.3, -0.25) is 9.59 Å². The Balaban J connectivity index is 1.93. The Kier molecular flexibility index (Phi) is 4.22. The second kappa shape index (κ2) is 7.15. The number of carbonyl (C=O) groups is 2. The molecule has 2 amide bonds. The molecule has 0 spiro atoms. The van der Waals surface area contributed by atoms with Crippen LogP contribution in [0.3, 0.4) is 0 Å². The summed E-state index contributed by atoms with van der Waals surface area (Å²) in [7, 11) is 1.39. The molecule has 0 aliphatic carbocycles. The van der Waals surface area contributed by atoms with E-state index in [1.807, 2.05) is 0 Å². The van der Waals surface area contributed by atoms with Crippen molar-refractivity contribution in [2.24, 2.45) is 11.6 Å². The second-order valence-corrected chi connectivity index (χ2v) is 5.78. The number of hydrogen-bond acceptors (Lipinski definition) is 5. The van der Waals surface area contributed by atoms with Gasteiger partial charge in [-0.1, -0.05) is 6.92 Å². The molecule has 3 rings (SSSR count). The van der Waals surface area contributed by atoms with E-state index in [1.54, 1.807) is 18.2 Å². The minimum Gasteiger partial charge on any atom is -0.496 e. The molecule has 0 radical (unpaired) electrons. The van der Waals surface area contributed by atoms with Crippen LogP contribution in [0.4, 0.5) is 4.39 Å². The summed E-state index contributed by atoms with van der Waals surface area (Å²) < 4.78 is 41.2. The minimum absolute atomic E-state index is 0.0570. The third-order valence-corrected chi connectivity index (χ3v) is 4.29. The molecule has 138 valence electrons. The molecule has 3 N–H and O–H groups in total. The summed E-state index contributed by atoms with van der Waals surface area (Å²) in [6.45, 7) is 1.29. The molecule has 1 fully saturated rings. The van der Waals surface area contributed by atoms with E-state index in [0.717, 1.165) is 0 Å². The quantitative estimate of drug-likeness (QED) is 0.811. The summed E-state index contributed by atoms with van der Waals surface area (Å²) in [4.78, 5) is 27.5. The first kappa shape index (κ1) is 15.4. The fourth-order valence-electron chi connectivity index (χ4n) is 2.96. The van der Waals surface area contributed by atoms with Gasteiger partial charge in [0, 0.05) is 18.8 Å². The van der Waals surface area contributed by atoms with Gasteiger partial charge in [0.05, 0.1) is 20.1 Å². The Morgan fingerprint density at radius 2 is 2.27 bits per heavy atom. The first-order valence-electron chi connectivity index (χ1n) is 9.05. The summed E-state index contributed by atoms with van der Waals surface area (Å²) in [6.07, 6.45) is -1.67. The maximum atomic E-state index is 14.4. The number of aromatic nitrogens is 1. The van der Waals surface area contributed by atoms with Crippen molar-refractivity contribution in [1.82, 2.24) is 10.3 Å². The van der Waals surface area contributed by atoms with Crippen molar-refractivity contribution < 1.29 is 26.2 Å². The van der Waals surface area contributed by atoms with Gasteiger partial charge in [-0.25, -0.2) is 9.37 Å². The van der Waals surface area contributed by atoms with Crippen LogP contribution in [0.5, 0.6) is 11.6 Å². The van der Waals surface area contributed by atoms with E-state index >= 15 is 0 Å². The number of alkyl halides is 1. The van der Waals surface area contributed by atoms with Crippen LogP contribution in [0, 0.1) is 5.89 Å². The third-order valence-electron chi connectivity index (χ3n) is 4.29. The van der Waals surface area contributed by atoms with Crippen LogP contribution in [-0.2, 0) is 4.79 Å². The molecule has 0 unspecified atom stereocenters. The Morgan fingerprint density at radius 1 is 1.50 bits per heavy atom. The summed E-state index contributed by atoms with van der Waals surface area (Å²) in [5, 5.41) is 3.45. The number of halogens is 1. The van der Waals surface area contributed by atoms with E-state index in [0.29, 0.717) is 10.8 Å². The first-order chi connectivity index (χ1) is 13.2. The molecule has 26 heavy (non-hydrogen) atoms. The molecule has 8 heteroatoms. The van der Waals surface area contributed by atoms with Gasteiger partial charge in [-0.15, -0.1) is 0 Å². The molecule has 1 saturated heterocycles. The minimum atomic E-state index is -3.07. The van der Waals surface area contributed by atoms with E-state index in [1.165, 1.54) is 20.2 Å². The van der Waals surface area contributed by atoms with E-state index < -0.39 is 29.9 Å². The number of primary amides is 1. The number of amides is 2. The molecule has 2 aromatic rings. The number of nitrogens with one attached hydrogen (secondary N) is 1. The molecule has 1 aromatic carbocycles. The highest BCUT2D eigenvalue weighted by molar-refractivity contribution is 6.01. The van der Waals surface area contributed by atoms with E-state index in [-0.39, 0.29) is 30.2 Å². The van der Waals surface area contributed by atoms with Crippen molar-refractivity contribution in [2.75, 3.05) is 13.7 Å². The van der Waals surface area contributed by atoms with Gasteiger partial charge < -0.3 is 20.5 Å². The zero-order chi connectivity index (χ0) is 20.7. The molecule has 1 aromatic heterocycles. The standard InChI is InChI=1S/C18H20FN3O4/c1-3-10-13(22-17(24)15(10)19)8-26-18-11-7-14(25-2)12(16(20)23)6-9(11)4-5-21-18/h4-7,10,13,15H,3,8H2,1-2H3,(H2,20,23)(H,22,24)/t10-,13+,15-/m0/s1/i10D,15D. The number of ether oxygens (including phenoxy) is 2. The van der Waals surface area contributed by atoms with Crippen LogP contribution in [0.1, 0.15) is 26.4 Å². The highest BCUT2D eigenvalue weighted by atomic mass is 19.1. The number of rotatable bonds is 6. The van der Waals surface area contributed by atoms with Gasteiger partial charge in [-0.2, -0.15) is 0 Å². The van der Waals surface area contributed by atoms with Crippen molar-refractivity contribution in [3.63, 3.8) is 0 Å². The van der Waals surface area contributed by atoms with Crippen molar-refractivity contribution in [3.05, 3.63) is 30.0 Å². The first-order valence-corrected chi connectivity index (χ1v) is 8.05. The number of nitrogens with two attached hydrogens (primary N) is 1. The summed E-state index contributed by atoms with van der Waals surface area (Å²) >= 11 is 0. The fraction of sp³-hybridized carbons (Fsp3) is 0.389. The molecule has 1 aliphatic rings. The number of benzene rings is 1. The van der Waals surface area contributed by atoms with Crippen molar-refractivity contribution in [2.45, 2.75) is 25.5 Å². The molecule has 2 heterocycles. The molecule has 0 saturated carbocycles. The lowest BCUT2D eigenvalue weighted by Crippen LogP contribution is -2.34. The fourth-order valence-corrected chi connectivity index (χ4v) is 2.96. The van der Waals surface area contributed by atoms with Gasteiger partial charge in [0.2, 0.25) is 5.88 Å². The van der Waals surface area contributed by atoms with Gasteiger partial charge in [0.1, 0.15) is 12.4 Å². The van der Waals surface area contributed by atoms with Gasteiger partial charge in [0.25, 0.3) is 11.8 Å². The number of nitrogens with zero attached hydrogens (tertiary/aromatic N) is 1. The maximum absolute atomic E-state index is 14.4. The van der Waals surface area contributed by atoms with Gasteiger partial charge >= 0.3 is 0 Å². The average Bonchev–Trinajstić information content (AvgIpc) is 2.85. The topological polar surface area (TPSA) is 104 Å². The van der Waals surface area contributed by atoms with Crippen LogP contribution >= 0.6 is 0 Å². The lowest BCUT2D eigenvalue weighted by molar-refractivity contribution is -0.123. The SMILES string of the molecule is [2H][C@]1(CC)[C@@H](COc2nccc3cc(C(N)=O)c(OC)cc23)NC(=O)[C@@]1([2H])F. The van der Waals surface area contributed by atoms with E-state index in [2.05, 4.69) is 10.3 Å². The molecule has 0 bridgehead atoms. The summed E-state index contributed by atoms with van der Waals surface area (Å²) in [5.74, 6) is -3.41. The zero-order valence-electron chi connectivity index (χ0n) is 16.3. The molecule has 7 nitrogen and oxygen atoms in total. The number of carbonyl (C=O) groups excluding carboxylic acids is 2. The van der Waals surface area contributed by atoms with Crippen molar-refractivity contribution >= 4 is 22.6 Å². The van der Waals surface area contributed by atoms with Gasteiger partial charge in [-0.05, 0) is 30.0 Å². The number of methoxy groups -OCH3 is 1. The van der Waals surface area contributed by atoms with Crippen LogP contribution in [-0.4, -0.2) is 42.7 Å². The van der Waals surface area contributed by atoms with Crippen LogP contribution in [0.15, 0.2) is 24.4 Å². The van der Waals surface area contributed by atoms with E-state index in [9.17, 15) is 14.0 Å². The molecule has 3 atom stereocenters. The number of pyridine rings is 1. The largest absolute Gasteiger partial charge is 0.496 e. The third kappa shape index (κ3) is 3.14. The Bertz CT molecular complexity index is 956. The predicted octanol–water partition coefficient (Wildman–Crippen LogP) is 1.58.